The van der Waals surface area contributed by atoms with Gasteiger partial charge in [0.2, 0.25) is 5.91 Å². The van der Waals surface area contributed by atoms with Gasteiger partial charge in [-0.15, -0.1) is 0 Å². The Morgan fingerprint density at radius 2 is 1.48 bits per heavy atom. The maximum Gasteiger partial charge on any atom is 0.265 e. The molecule has 0 fully saturated rings. The highest BCUT2D eigenvalue weighted by Crippen LogP contribution is 2.16. The van der Waals surface area contributed by atoms with Crippen molar-refractivity contribution in [3.05, 3.63) is 54.3 Å². The van der Waals surface area contributed by atoms with Gasteiger partial charge in [0, 0.05) is 18.3 Å². The molecule has 23 heavy (non-hydrogen) atoms. The van der Waals surface area contributed by atoms with Crippen LogP contribution in [0.25, 0.3) is 0 Å². The Bertz CT molecular complexity index is 684. The van der Waals surface area contributed by atoms with Crippen LogP contribution in [0.4, 0.5) is 15.8 Å². The van der Waals surface area contributed by atoms with Crippen molar-refractivity contribution in [3.8, 4) is 5.75 Å². The molecule has 0 aliphatic heterocycles. The van der Waals surface area contributed by atoms with E-state index in [4.69, 9.17) is 4.74 Å². The van der Waals surface area contributed by atoms with Gasteiger partial charge in [-0.1, -0.05) is 0 Å². The van der Waals surface area contributed by atoms with E-state index in [0.29, 0.717) is 17.1 Å². The largest absolute Gasteiger partial charge is 0.481 e. The molecule has 0 bridgehead atoms. The third-order valence-electron chi connectivity index (χ3n) is 2.97. The van der Waals surface area contributed by atoms with Crippen molar-refractivity contribution in [3.63, 3.8) is 0 Å². The number of rotatable bonds is 5. The van der Waals surface area contributed by atoms with Crippen LogP contribution < -0.4 is 15.4 Å². The normalized spacial score (nSPS) is 11.4. The summed E-state index contributed by atoms with van der Waals surface area (Å²) in [5.74, 6) is -0.450. The third kappa shape index (κ3) is 5.10. The van der Waals surface area contributed by atoms with Crippen LogP contribution in [0.15, 0.2) is 48.5 Å². The molecule has 0 radical (unpaired) electrons. The maximum atomic E-state index is 12.8. The van der Waals surface area contributed by atoms with Crippen LogP contribution in [0.2, 0.25) is 0 Å². The van der Waals surface area contributed by atoms with Crippen LogP contribution in [-0.4, -0.2) is 17.9 Å². The Labute approximate surface area is 133 Å². The van der Waals surface area contributed by atoms with Crippen molar-refractivity contribution >= 4 is 23.2 Å². The van der Waals surface area contributed by atoms with Gasteiger partial charge in [0.05, 0.1) is 0 Å². The fourth-order valence-electron chi connectivity index (χ4n) is 1.85. The SMILES string of the molecule is CC(=O)Nc1ccc(NC(=O)[C@H](C)Oc2ccc(F)cc2)cc1. The lowest BCUT2D eigenvalue weighted by Gasteiger charge is -2.15. The second-order valence-electron chi connectivity index (χ2n) is 4.96. The standard InChI is InChI=1S/C17H17FN2O3/c1-11(23-16-9-3-13(18)4-10-16)17(22)20-15-7-5-14(6-8-15)19-12(2)21/h3-11H,1-2H3,(H,19,21)(H,20,22)/t11-/m0/s1. The summed E-state index contributed by atoms with van der Waals surface area (Å²) in [6.45, 7) is 3.02. The highest BCUT2D eigenvalue weighted by atomic mass is 19.1. The smallest absolute Gasteiger partial charge is 0.265 e. The third-order valence-corrected chi connectivity index (χ3v) is 2.97. The van der Waals surface area contributed by atoms with Crippen LogP contribution in [0, 0.1) is 5.82 Å². The molecule has 1 atom stereocenters. The minimum atomic E-state index is -0.740. The molecule has 0 aliphatic carbocycles. The minimum absolute atomic E-state index is 0.164. The lowest BCUT2D eigenvalue weighted by molar-refractivity contribution is -0.122. The van der Waals surface area contributed by atoms with Gasteiger partial charge in [-0.2, -0.15) is 0 Å². The van der Waals surface area contributed by atoms with Gasteiger partial charge in [-0.05, 0) is 55.5 Å². The van der Waals surface area contributed by atoms with E-state index in [9.17, 15) is 14.0 Å². The van der Waals surface area contributed by atoms with E-state index in [2.05, 4.69) is 10.6 Å². The minimum Gasteiger partial charge on any atom is -0.481 e. The number of ether oxygens (including phenoxy) is 1. The summed E-state index contributed by atoms with van der Waals surface area (Å²) in [7, 11) is 0. The topological polar surface area (TPSA) is 67.4 Å². The van der Waals surface area contributed by atoms with E-state index in [1.54, 1.807) is 31.2 Å². The van der Waals surface area contributed by atoms with Gasteiger partial charge in [0.25, 0.3) is 5.91 Å². The summed E-state index contributed by atoms with van der Waals surface area (Å²) in [4.78, 5) is 23.0. The highest BCUT2D eigenvalue weighted by molar-refractivity contribution is 5.94. The molecular formula is C17H17FN2O3. The average molecular weight is 316 g/mol. The van der Waals surface area contributed by atoms with E-state index in [1.165, 1.54) is 31.2 Å². The number of hydrogen-bond donors (Lipinski definition) is 2. The first-order valence-corrected chi connectivity index (χ1v) is 7.05. The lowest BCUT2D eigenvalue weighted by Crippen LogP contribution is -2.30. The molecule has 2 amide bonds. The van der Waals surface area contributed by atoms with E-state index in [-0.39, 0.29) is 17.6 Å². The van der Waals surface area contributed by atoms with Crippen LogP contribution in [0.1, 0.15) is 13.8 Å². The zero-order chi connectivity index (χ0) is 16.8. The van der Waals surface area contributed by atoms with Gasteiger partial charge in [-0.3, -0.25) is 9.59 Å². The number of halogens is 1. The van der Waals surface area contributed by atoms with Crippen molar-refractivity contribution in [2.45, 2.75) is 20.0 Å². The summed E-state index contributed by atoms with van der Waals surface area (Å²) in [6, 6.07) is 12.2. The molecule has 0 saturated heterocycles. The second kappa shape index (κ2) is 7.40. The first kappa shape index (κ1) is 16.5. The fourth-order valence-corrected chi connectivity index (χ4v) is 1.85. The molecule has 0 heterocycles. The zero-order valence-corrected chi connectivity index (χ0v) is 12.8. The van der Waals surface area contributed by atoms with E-state index in [1.807, 2.05) is 0 Å². The predicted octanol–water partition coefficient (Wildman–Crippen LogP) is 3.19. The van der Waals surface area contributed by atoms with E-state index < -0.39 is 6.10 Å². The van der Waals surface area contributed by atoms with Gasteiger partial charge in [-0.25, -0.2) is 4.39 Å². The van der Waals surface area contributed by atoms with Gasteiger partial charge >= 0.3 is 0 Å². The van der Waals surface area contributed by atoms with Crippen molar-refractivity contribution in [2.75, 3.05) is 10.6 Å². The molecule has 0 unspecified atom stereocenters. The maximum absolute atomic E-state index is 12.8. The summed E-state index contributed by atoms with van der Waals surface area (Å²) < 4.78 is 18.3. The van der Waals surface area contributed by atoms with Gasteiger partial charge in [0.1, 0.15) is 11.6 Å². The number of amides is 2. The number of benzene rings is 2. The first-order valence-electron chi connectivity index (χ1n) is 7.05. The highest BCUT2D eigenvalue weighted by Gasteiger charge is 2.15. The number of carbonyl (C=O) groups excluding carboxylic acids is 2. The van der Waals surface area contributed by atoms with Crippen LogP contribution in [-0.2, 0) is 9.59 Å². The summed E-state index contributed by atoms with van der Waals surface area (Å²) >= 11 is 0. The molecule has 6 heteroatoms. The second-order valence-corrected chi connectivity index (χ2v) is 4.96. The Morgan fingerprint density at radius 3 is 2.00 bits per heavy atom. The molecule has 2 aromatic rings. The van der Waals surface area contributed by atoms with E-state index in [0.717, 1.165) is 0 Å². The molecule has 0 aromatic heterocycles. The molecular weight excluding hydrogens is 299 g/mol. The van der Waals surface area contributed by atoms with Crippen molar-refractivity contribution in [2.24, 2.45) is 0 Å². The quantitative estimate of drug-likeness (QED) is 0.890. The van der Waals surface area contributed by atoms with Crippen LogP contribution in [0.3, 0.4) is 0 Å². The van der Waals surface area contributed by atoms with Crippen molar-refractivity contribution < 1.29 is 18.7 Å². The number of hydrogen-bond acceptors (Lipinski definition) is 3. The Kier molecular flexibility index (Phi) is 5.30. The fraction of sp³-hybridized carbons (Fsp3) is 0.176. The van der Waals surface area contributed by atoms with Crippen LogP contribution >= 0.6 is 0 Å². The Hall–Kier alpha value is -2.89. The lowest BCUT2D eigenvalue weighted by atomic mass is 10.2. The van der Waals surface area contributed by atoms with E-state index >= 15 is 0 Å². The van der Waals surface area contributed by atoms with Crippen LogP contribution in [0.5, 0.6) is 5.75 Å². The van der Waals surface area contributed by atoms with Gasteiger partial charge in [0.15, 0.2) is 6.10 Å². The van der Waals surface area contributed by atoms with Gasteiger partial charge < -0.3 is 15.4 Å². The number of carbonyl (C=O) groups is 2. The average Bonchev–Trinajstić information content (AvgIpc) is 2.51. The summed E-state index contributed by atoms with van der Waals surface area (Å²) in [6.07, 6.45) is -0.740. The molecule has 2 rings (SSSR count). The Morgan fingerprint density at radius 1 is 0.957 bits per heavy atom. The predicted molar refractivity (Wildman–Crippen MR) is 85.9 cm³/mol. The van der Waals surface area contributed by atoms with Crippen molar-refractivity contribution in [1.82, 2.24) is 0 Å². The molecule has 0 aliphatic rings. The zero-order valence-electron chi connectivity index (χ0n) is 12.8. The molecule has 2 aromatic carbocycles. The molecule has 120 valence electrons. The summed E-state index contributed by atoms with van der Waals surface area (Å²) in [5.41, 5.74) is 1.23. The molecule has 0 saturated carbocycles. The monoisotopic (exact) mass is 316 g/mol. The van der Waals surface area contributed by atoms with Crippen molar-refractivity contribution in [1.29, 1.82) is 0 Å². The molecule has 5 nitrogen and oxygen atoms in total. The number of nitrogens with one attached hydrogen (secondary N) is 2. The molecule has 0 spiro atoms. The Balaban J connectivity index is 1.92. The first-order chi connectivity index (χ1) is 10.9. The molecule has 2 N–H and O–H groups in total. The number of anilines is 2. The summed E-state index contributed by atoms with van der Waals surface area (Å²) in [5, 5.41) is 5.34.